The highest BCUT2D eigenvalue weighted by Gasteiger charge is 2.21. The van der Waals surface area contributed by atoms with Crippen LogP contribution in [0.5, 0.6) is 11.8 Å². The van der Waals surface area contributed by atoms with Crippen LogP contribution in [0.2, 0.25) is 0 Å². The van der Waals surface area contributed by atoms with Gasteiger partial charge in [0.2, 0.25) is 5.95 Å². The number of hydrogen-bond donors (Lipinski definition) is 2. The van der Waals surface area contributed by atoms with Gasteiger partial charge in [0.1, 0.15) is 11.3 Å². The van der Waals surface area contributed by atoms with E-state index in [4.69, 9.17) is 19.4 Å². The molecule has 7 rings (SSSR count). The lowest BCUT2D eigenvalue weighted by atomic mass is 9.99. The van der Waals surface area contributed by atoms with Gasteiger partial charge >= 0.3 is 6.01 Å². The Labute approximate surface area is 276 Å². The topological polar surface area (TPSA) is 129 Å². The minimum atomic E-state index is -0.371. The molecule has 0 aliphatic rings. The molecular formula is C37H32N8O3. The van der Waals surface area contributed by atoms with Crippen molar-refractivity contribution >= 4 is 33.6 Å². The zero-order chi connectivity index (χ0) is 33.0. The summed E-state index contributed by atoms with van der Waals surface area (Å²) in [5, 5.41) is 8.24. The molecule has 0 saturated heterocycles. The molecule has 4 heterocycles. The summed E-state index contributed by atoms with van der Waals surface area (Å²) in [4.78, 5) is 37.3. The van der Waals surface area contributed by atoms with Gasteiger partial charge < -0.3 is 20.1 Å². The molecule has 3 aromatic carbocycles. The second-order valence-corrected chi connectivity index (χ2v) is 11.1. The van der Waals surface area contributed by atoms with E-state index < -0.39 is 0 Å². The average molecular weight is 637 g/mol. The summed E-state index contributed by atoms with van der Waals surface area (Å²) in [5.41, 5.74) is 5.12. The van der Waals surface area contributed by atoms with Crippen molar-refractivity contribution in [3.8, 4) is 28.6 Å². The molecule has 0 radical (unpaired) electrons. The molecule has 0 fully saturated rings. The molecule has 0 aliphatic heterocycles. The van der Waals surface area contributed by atoms with Crippen LogP contribution in [-0.2, 0) is 6.54 Å². The lowest BCUT2D eigenvalue weighted by molar-refractivity contribution is 0.380. The molecule has 238 valence electrons. The Hall–Kier alpha value is -6.36. The number of nitrogens with zero attached hydrogens (tertiary/aromatic N) is 6. The zero-order valence-electron chi connectivity index (χ0n) is 26.6. The van der Waals surface area contributed by atoms with E-state index in [1.54, 1.807) is 30.3 Å². The Bertz CT molecular complexity index is 2280. The lowest BCUT2D eigenvalue weighted by Crippen LogP contribution is -2.26. The van der Waals surface area contributed by atoms with E-state index in [2.05, 4.69) is 25.6 Å². The number of fused-ring (bicyclic) bond motifs is 2. The van der Waals surface area contributed by atoms with Crippen molar-refractivity contribution in [2.24, 2.45) is 0 Å². The number of methoxy groups -OCH3 is 2. The van der Waals surface area contributed by atoms with Crippen LogP contribution in [0, 0.1) is 0 Å². The normalized spacial score (nSPS) is 11.7. The fourth-order valence-corrected chi connectivity index (χ4v) is 5.70. The van der Waals surface area contributed by atoms with Crippen LogP contribution >= 0.6 is 0 Å². The summed E-state index contributed by atoms with van der Waals surface area (Å²) in [7, 11) is 3.16. The fraction of sp³-hybridized carbons (Fsp3) is 0.135. The van der Waals surface area contributed by atoms with Crippen molar-refractivity contribution in [1.29, 1.82) is 0 Å². The Balaban J connectivity index is 1.30. The average Bonchev–Trinajstić information content (AvgIpc) is 3.14. The Morgan fingerprint density at radius 3 is 2.38 bits per heavy atom. The van der Waals surface area contributed by atoms with Gasteiger partial charge in [-0.05, 0) is 65.9 Å². The molecule has 0 saturated carbocycles. The van der Waals surface area contributed by atoms with Crippen molar-refractivity contribution in [2.45, 2.75) is 19.5 Å². The van der Waals surface area contributed by atoms with Crippen molar-refractivity contribution in [1.82, 2.24) is 29.5 Å². The summed E-state index contributed by atoms with van der Waals surface area (Å²) in [6.07, 6.45) is 5.04. The summed E-state index contributed by atoms with van der Waals surface area (Å²) in [6.45, 7) is 2.52. The maximum atomic E-state index is 14.6. The molecule has 48 heavy (non-hydrogen) atoms. The molecule has 11 heteroatoms. The molecule has 1 atom stereocenters. The van der Waals surface area contributed by atoms with Crippen LogP contribution < -0.4 is 25.7 Å². The smallest absolute Gasteiger partial charge is 0.316 e. The van der Waals surface area contributed by atoms with E-state index in [0.29, 0.717) is 40.3 Å². The van der Waals surface area contributed by atoms with Crippen LogP contribution in [0.25, 0.3) is 38.6 Å². The number of para-hydroxylation sites is 1. The van der Waals surface area contributed by atoms with Crippen LogP contribution in [0.3, 0.4) is 0 Å². The second-order valence-electron chi connectivity index (χ2n) is 11.1. The molecule has 1 unspecified atom stereocenters. The fourth-order valence-electron chi connectivity index (χ4n) is 5.70. The van der Waals surface area contributed by atoms with E-state index in [1.807, 2.05) is 97.9 Å². The Morgan fingerprint density at radius 1 is 0.833 bits per heavy atom. The Morgan fingerprint density at radius 2 is 1.62 bits per heavy atom. The summed E-state index contributed by atoms with van der Waals surface area (Å²) < 4.78 is 12.2. The summed E-state index contributed by atoms with van der Waals surface area (Å²) >= 11 is 0. The zero-order valence-corrected chi connectivity index (χ0v) is 26.6. The molecule has 2 N–H and O–H groups in total. The highest BCUT2D eigenvalue weighted by molar-refractivity contribution is 5.96. The summed E-state index contributed by atoms with van der Waals surface area (Å²) in [6, 6.07) is 28.9. The van der Waals surface area contributed by atoms with E-state index >= 15 is 0 Å². The van der Waals surface area contributed by atoms with Crippen molar-refractivity contribution < 1.29 is 9.47 Å². The SMILES string of the molecule is COc1ccc(CNc2nc(NC(C)c3cc4cccc(-c5cnc(OC)nc5)c4c(=O)n3-c3ccccc3)c3ncccc3n2)cc1. The number of ether oxygens (including phenoxy) is 2. The van der Waals surface area contributed by atoms with Crippen LogP contribution in [-0.4, -0.2) is 43.7 Å². The number of pyridine rings is 2. The third-order valence-corrected chi connectivity index (χ3v) is 8.07. The second kappa shape index (κ2) is 13.2. The van der Waals surface area contributed by atoms with Gasteiger partial charge in [0, 0.05) is 42.1 Å². The highest BCUT2D eigenvalue weighted by Crippen LogP contribution is 2.31. The van der Waals surface area contributed by atoms with Gasteiger partial charge in [-0.15, -0.1) is 0 Å². The van der Waals surface area contributed by atoms with Crippen LogP contribution in [0.4, 0.5) is 11.8 Å². The Kier molecular flexibility index (Phi) is 8.31. The minimum Gasteiger partial charge on any atom is -0.497 e. The maximum Gasteiger partial charge on any atom is 0.316 e. The molecule has 4 aromatic heterocycles. The van der Waals surface area contributed by atoms with E-state index in [-0.39, 0.29) is 17.6 Å². The number of anilines is 2. The first-order valence-corrected chi connectivity index (χ1v) is 15.4. The molecule has 0 spiro atoms. The third-order valence-electron chi connectivity index (χ3n) is 8.07. The van der Waals surface area contributed by atoms with Crippen molar-refractivity contribution in [2.75, 3.05) is 24.9 Å². The van der Waals surface area contributed by atoms with Gasteiger partial charge in [-0.25, -0.2) is 15.0 Å². The number of benzene rings is 3. The van der Waals surface area contributed by atoms with Crippen molar-refractivity contribution in [3.63, 3.8) is 0 Å². The van der Waals surface area contributed by atoms with Gasteiger partial charge in [-0.3, -0.25) is 14.3 Å². The standard InChI is InChI=1S/C37H32N8O3/c1-23(42-34-33-30(13-8-18-38-33)43-36(44-34)39-20-24-14-16-28(47-2)17-15-24)31-19-25-9-7-12-29(26-21-40-37(48-3)41-22-26)32(25)35(46)45(31)27-10-5-4-6-11-27/h4-19,21-23H,20H2,1-3H3,(H2,39,42,43,44). The molecule has 0 bridgehead atoms. The quantitative estimate of drug-likeness (QED) is 0.170. The third kappa shape index (κ3) is 5.96. The van der Waals surface area contributed by atoms with Gasteiger partial charge in [0.15, 0.2) is 5.82 Å². The molecule has 7 aromatic rings. The predicted molar refractivity (Wildman–Crippen MR) is 187 cm³/mol. The number of hydrogen-bond acceptors (Lipinski definition) is 10. The number of aromatic nitrogens is 6. The van der Waals surface area contributed by atoms with Gasteiger partial charge in [-0.2, -0.15) is 4.98 Å². The maximum absolute atomic E-state index is 14.6. The van der Waals surface area contributed by atoms with Crippen LogP contribution in [0.1, 0.15) is 24.2 Å². The first-order chi connectivity index (χ1) is 23.5. The molecule has 0 aliphatic carbocycles. The van der Waals surface area contributed by atoms with E-state index in [1.165, 1.54) is 7.11 Å². The van der Waals surface area contributed by atoms with E-state index in [9.17, 15) is 4.79 Å². The van der Waals surface area contributed by atoms with Gasteiger partial charge in [0.25, 0.3) is 5.56 Å². The predicted octanol–water partition coefficient (Wildman–Crippen LogP) is 6.59. The minimum absolute atomic E-state index is 0.165. The van der Waals surface area contributed by atoms with Crippen LogP contribution in [0.15, 0.2) is 114 Å². The molecule has 0 amide bonds. The first kappa shape index (κ1) is 30.3. The summed E-state index contributed by atoms with van der Waals surface area (Å²) in [5.74, 6) is 1.79. The number of rotatable bonds is 10. The highest BCUT2D eigenvalue weighted by atomic mass is 16.5. The van der Waals surface area contributed by atoms with Gasteiger partial charge in [0.05, 0.1) is 31.2 Å². The lowest BCUT2D eigenvalue weighted by Gasteiger charge is -2.22. The van der Waals surface area contributed by atoms with Crippen molar-refractivity contribution in [3.05, 3.63) is 131 Å². The van der Waals surface area contributed by atoms with E-state index in [0.717, 1.165) is 33.6 Å². The largest absolute Gasteiger partial charge is 0.497 e. The van der Waals surface area contributed by atoms with Gasteiger partial charge in [-0.1, -0.05) is 48.5 Å². The number of nitrogens with one attached hydrogen (secondary N) is 2. The monoisotopic (exact) mass is 636 g/mol. The molecule has 11 nitrogen and oxygen atoms in total. The molecular weight excluding hydrogens is 604 g/mol. The first-order valence-electron chi connectivity index (χ1n) is 15.4.